The summed E-state index contributed by atoms with van der Waals surface area (Å²) >= 11 is 6.47. The average molecular weight is 401 g/mol. The van der Waals surface area contributed by atoms with Crippen LogP contribution >= 0.6 is 11.6 Å². The number of halogens is 1. The summed E-state index contributed by atoms with van der Waals surface area (Å²) in [6.07, 6.45) is 5.17. The third kappa shape index (κ3) is 2.62. The van der Waals surface area contributed by atoms with E-state index in [9.17, 15) is 5.26 Å². The van der Waals surface area contributed by atoms with Gasteiger partial charge in [0.2, 0.25) is 0 Å². The van der Waals surface area contributed by atoms with Gasteiger partial charge in [-0.3, -0.25) is 4.98 Å². The summed E-state index contributed by atoms with van der Waals surface area (Å²) in [5, 5.41) is 13.4. The number of fused-ring (bicyclic) bond motifs is 5. The third-order valence-corrected chi connectivity index (χ3v) is 5.11. The molecule has 2 N–H and O–H groups in total. The highest BCUT2D eigenvalue weighted by molar-refractivity contribution is 6.33. The zero-order chi connectivity index (χ0) is 20.0. The number of ether oxygens (including phenoxy) is 1. The quantitative estimate of drug-likeness (QED) is 0.442. The van der Waals surface area contributed by atoms with E-state index in [-0.39, 0.29) is 0 Å². The van der Waals surface area contributed by atoms with Crippen LogP contribution in [0.4, 0.5) is 11.5 Å². The van der Waals surface area contributed by atoms with Crippen LogP contribution in [0.3, 0.4) is 0 Å². The Morgan fingerprint density at radius 1 is 1.14 bits per heavy atom. The zero-order valence-corrected chi connectivity index (χ0v) is 15.9. The molecule has 8 heteroatoms. The summed E-state index contributed by atoms with van der Waals surface area (Å²) in [4.78, 5) is 16.8. The molecular formula is C21H13ClN6O. The van der Waals surface area contributed by atoms with Gasteiger partial charge < -0.3 is 15.0 Å². The second kappa shape index (κ2) is 6.62. The first-order chi connectivity index (χ1) is 14.2. The predicted octanol–water partition coefficient (Wildman–Crippen LogP) is 4.79. The fourth-order valence-corrected chi connectivity index (χ4v) is 3.73. The molecule has 0 spiro atoms. The highest BCUT2D eigenvalue weighted by Crippen LogP contribution is 2.44. The summed E-state index contributed by atoms with van der Waals surface area (Å²) in [6, 6.07) is 11.2. The van der Waals surface area contributed by atoms with Crippen LogP contribution in [0, 0.1) is 11.3 Å². The molecule has 0 radical (unpaired) electrons. The van der Waals surface area contributed by atoms with Crippen molar-refractivity contribution in [2.45, 2.75) is 0 Å². The normalized spacial score (nSPS) is 11.3. The Balaban J connectivity index is 1.83. The van der Waals surface area contributed by atoms with Crippen molar-refractivity contribution in [3.05, 3.63) is 59.5 Å². The first-order valence-electron chi connectivity index (χ1n) is 8.75. The Labute approximate surface area is 171 Å². The van der Waals surface area contributed by atoms with Gasteiger partial charge in [-0.2, -0.15) is 5.26 Å². The van der Waals surface area contributed by atoms with E-state index < -0.39 is 0 Å². The number of hydrogen-bond acceptors (Lipinski definition) is 6. The lowest BCUT2D eigenvalue weighted by molar-refractivity contribution is 0.413. The minimum absolute atomic E-state index is 0.323. The van der Waals surface area contributed by atoms with Crippen LogP contribution in [0.25, 0.3) is 33.9 Å². The number of nitrogens with one attached hydrogen (secondary N) is 2. The highest BCUT2D eigenvalue weighted by Gasteiger charge is 2.26. The number of methoxy groups -OCH3 is 1. The lowest BCUT2D eigenvalue weighted by atomic mass is 10.1. The number of anilines is 2. The maximum Gasteiger partial charge on any atom is 0.141 e. The van der Waals surface area contributed by atoms with Gasteiger partial charge in [0.25, 0.3) is 0 Å². The van der Waals surface area contributed by atoms with E-state index in [0.717, 1.165) is 22.5 Å². The third-order valence-electron chi connectivity index (χ3n) is 4.79. The van der Waals surface area contributed by atoms with E-state index in [4.69, 9.17) is 21.3 Å². The van der Waals surface area contributed by atoms with Gasteiger partial charge in [-0.1, -0.05) is 11.6 Å². The SMILES string of the molecule is COc1ccc(Cl)c(-c2nc3c([nH]2)-c2ccncc2Nc2ncccc2-3)c1C#N. The Morgan fingerprint density at radius 3 is 2.86 bits per heavy atom. The smallest absolute Gasteiger partial charge is 0.141 e. The van der Waals surface area contributed by atoms with Crippen molar-refractivity contribution in [2.24, 2.45) is 0 Å². The molecule has 7 nitrogen and oxygen atoms in total. The highest BCUT2D eigenvalue weighted by atomic mass is 35.5. The standard InChI is InChI=1S/C21H13ClN6O/c1-29-16-5-4-14(22)17(13(16)9-23)21-27-18-11-6-8-24-10-15(11)26-20-12(19(18)28-21)3-2-7-25-20/h2-8,10H,1H3,(H,25,26)(H,27,28). The Kier molecular flexibility index (Phi) is 3.93. The molecule has 29 heavy (non-hydrogen) atoms. The summed E-state index contributed by atoms with van der Waals surface area (Å²) < 4.78 is 5.34. The summed E-state index contributed by atoms with van der Waals surface area (Å²) in [5.41, 5.74) is 4.85. The molecule has 0 atom stereocenters. The predicted molar refractivity (Wildman–Crippen MR) is 110 cm³/mol. The lowest BCUT2D eigenvalue weighted by Crippen LogP contribution is -1.96. The molecule has 1 aromatic carbocycles. The summed E-state index contributed by atoms with van der Waals surface area (Å²) in [6.45, 7) is 0. The first-order valence-corrected chi connectivity index (χ1v) is 9.13. The first kappa shape index (κ1) is 17.2. The number of aromatic nitrogens is 4. The van der Waals surface area contributed by atoms with Crippen LogP contribution < -0.4 is 10.1 Å². The zero-order valence-electron chi connectivity index (χ0n) is 15.2. The maximum absolute atomic E-state index is 9.72. The fourth-order valence-electron chi connectivity index (χ4n) is 3.49. The van der Waals surface area contributed by atoms with Gasteiger partial charge in [-0.25, -0.2) is 9.97 Å². The molecule has 4 heterocycles. The molecule has 5 rings (SSSR count). The van der Waals surface area contributed by atoms with Gasteiger partial charge in [0.1, 0.15) is 34.7 Å². The molecule has 0 bridgehead atoms. The number of rotatable bonds is 2. The van der Waals surface area contributed by atoms with E-state index in [1.165, 1.54) is 7.11 Å². The Hall–Kier alpha value is -3.89. The second-order valence-corrected chi connectivity index (χ2v) is 6.77. The van der Waals surface area contributed by atoms with Crippen LogP contribution in [-0.4, -0.2) is 27.0 Å². The van der Waals surface area contributed by atoms with E-state index in [1.54, 1.807) is 30.7 Å². The van der Waals surface area contributed by atoms with E-state index in [0.29, 0.717) is 39.2 Å². The van der Waals surface area contributed by atoms with Crippen molar-refractivity contribution in [3.63, 3.8) is 0 Å². The molecule has 1 aliphatic heterocycles. The van der Waals surface area contributed by atoms with Gasteiger partial charge in [0, 0.05) is 23.5 Å². The molecule has 0 fully saturated rings. The van der Waals surface area contributed by atoms with Crippen LogP contribution in [-0.2, 0) is 0 Å². The van der Waals surface area contributed by atoms with Crippen LogP contribution in [0.1, 0.15) is 5.56 Å². The van der Waals surface area contributed by atoms with Crippen molar-refractivity contribution < 1.29 is 4.74 Å². The van der Waals surface area contributed by atoms with Crippen molar-refractivity contribution in [2.75, 3.05) is 12.4 Å². The fraction of sp³-hybridized carbons (Fsp3) is 0.0476. The minimum atomic E-state index is 0.323. The van der Waals surface area contributed by atoms with Gasteiger partial charge in [-0.15, -0.1) is 0 Å². The van der Waals surface area contributed by atoms with Crippen LogP contribution in [0.15, 0.2) is 48.9 Å². The minimum Gasteiger partial charge on any atom is -0.495 e. The van der Waals surface area contributed by atoms with Crippen LogP contribution in [0.5, 0.6) is 5.75 Å². The van der Waals surface area contributed by atoms with Gasteiger partial charge in [0.05, 0.1) is 35.3 Å². The molecule has 1 aliphatic rings. The molecule has 140 valence electrons. The summed E-state index contributed by atoms with van der Waals surface area (Å²) in [5.74, 6) is 1.59. The molecule has 0 saturated carbocycles. The van der Waals surface area contributed by atoms with Crippen molar-refractivity contribution in [1.82, 2.24) is 19.9 Å². The van der Waals surface area contributed by atoms with Crippen molar-refractivity contribution >= 4 is 23.1 Å². The molecule has 3 aromatic heterocycles. The van der Waals surface area contributed by atoms with Crippen molar-refractivity contribution in [3.8, 4) is 45.7 Å². The summed E-state index contributed by atoms with van der Waals surface area (Å²) in [7, 11) is 1.52. The van der Waals surface area contributed by atoms with Gasteiger partial charge in [0.15, 0.2) is 0 Å². The molecule has 0 saturated heterocycles. The molecule has 0 amide bonds. The second-order valence-electron chi connectivity index (χ2n) is 6.37. The van der Waals surface area contributed by atoms with Gasteiger partial charge in [-0.05, 0) is 30.3 Å². The number of hydrogen-bond donors (Lipinski definition) is 2. The van der Waals surface area contributed by atoms with E-state index in [2.05, 4.69) is 26.3 Å². The van der Waals surface area contributed by atoms with E-state index in [1.807, 2.05) is 18.2 Å². The molecule has 4 aromatic rings. The number of pyridine rings is 2. The van der Waals surface area contributed by atoms with E-state index >= 15 is 0 Å². The van der Waals surface area contributed by atoms with Crippen molar-refractivity contribution in [1.29, 1.82) is 5.26 Å². The number of aromatic amines is 1. The molecule has 0 unspecified atom stereocenters. The topological polar surface area (TPSA) is 99.5 Å². The lowest BCUT2D eigenvalue weighted by Gasteiger charge is -2.10. The maximum atomic E-state index is 9.72. The number of nitrogens with zero attached hydrogens (tertiary/aromatic N) is 4. The largest absolute Gasteiger partial charge is 0.495 e. The number of H-pyrrole nitrogens is 1. The average Bonchev–Trinajstić information content (AvgIpc) is 3.13. The number of imidazole rings is 1. The molecule has 0 aliphatic carbocycles. The Bertz CT molecular complexity index is 1240. The monoisotopic (exact) mass is 400 g/mol. The van der Waals surface area contributed by atoms with Gasteiger partial charge >= 0.3 is 0 Å². The Morgan fingerprint density at radius 2 is 2.03 bits per heavy atom. The van der Waals surface area contributed by atoms with Crippen LogP contribution in [0.2, 0.25) is 5.02 Å². The molecular weight excluding hydrogens is 388 g/mol. The number of nitriles is 1. The number of benzene rings is 1.